The highest BCUT2D eigenvalue weighted by Crippen LogP contribution is 2.37. The standard InChI is InChI=1S/C15H17F3N2/c1-15(2,3)20-7-9(6-19)11(8-20)10-4-5-12(16)14(18)13(10)17/h4-5,9,11H,7-8H2,1-3H3. The van der Waals surface area contributed by atoms with Crippen LogP contribution in [0.5, 0.6) is 0 Å². The SMILES string of the molecule is CC(C)(C)N1CC(C#N)C(c2ccc(F)c(F)c2F)C1. The maximum Gasteiger partial charge on any atom is 0.194 e. The number of nitriles is 1. The van der Waals surface area contributed by atoms with E-state index < -0.39 is 29.3 Å². The highest BCUT2D eigenvalue weighted by atomic mass is 19.2. The van der Waals surface area contributed by atoms with Crippen molar-refractivity contribution in [3.05, 3.63) is 35.1 Å². The Labute approximate surface area is 116 Å². The second-order valence-corrected chi connectivity index (χ2v) is 6.18. The average Bonchev–Trinajstić information content (AvgIpc) is 2.80. The molecule has 1 heterocycles. The summed E-state index contributed by atoms with van der Waals surface area (Å²) < 4.78 is 40.3. The summed E-state index contributed by atoms with van der Waals surface area (Å²) in [5.41, 5.74) is -0.0685. The molecule has 1 aliphatic rings. The summed E-state index contributed by atoms with van der Waals surface area (Å²) in [6.45, 7) is 6.98. The van der Waals surface area contributed by atoms with Crippen LogP contribution in [0, 0.1) is 34.7 Å². The number of rotatable bonds is 1. The van der Waals surface area contributed by atoms with Crippen molar-refractivity contribution in [1.82, 2.24) is 4.90 Å². The average molecular weight is 282 g/mol. The molecule has 1 aliphatic heterocycles. The van der Waals surface area contributed by atoms with Gasteiger partial charge in [0.15, 0.2) is 17.5 Å². The lowest BCUT2D eigenvalue weighted by Crippen LogP contribution is -2.39. The van der Waals surface area contributed by atoms with Crippen LogP contribution in [-0.4, -0.2) is 23.5 Å². The molecule has 2 atom stereocenters. The van der Waals surface area contributed by atoms with E-state index in [4.69, 9.17) is 0 Å². The van der Waals surface area contributed by atoms with Crippen LogP contribution in [0.1, 0.15) is 32.3 Å². The Bertz CT molecular complexity index is 557. The van der Waals surface area contributed by atoms with Crippen LogP contribution in [0.25, 0.3) is 0 Å². The van der Waals surface area contributed by atoms with Gasteiger partial charge in [-0.3, -0.25) is 4.90 Å². The highest BCUT2D eigenvalue weighted by molar-refractivity contribution is 5.28. The van der Waals surface area contributed by atoms with Crippen LogP contribution < -0.4 is 0 Å². The normalized spacial score (nSPS) is 23.9. The third-order valence-electron chi connectivity index (χ3n) is 3.90. The first kappa shape index (κ1) is 14.9. The van der Waals surface area contributed by atoms with Gasteiger partial charge < -0.3 is 0 Å². The largest absolute Gasteiger partial charge is 0.297 e. The van der Waals surface area contributed by atoms with Gasteiger partial charge >= 0.3 is 0 Å². The molecule has 1 fully saturated rings. The summed E-state index contributed by atoms with van der Waals surface area (Å²) >= 11 is 0. The Kier molecular flexibility index (Phi) is 3.79. The molecule has 0 aromatic heterocycles. The van der Waals surface area contributed by atoms with Gasteiger partial charge in [-0.15, -0.1) is 0 Å². The minimum atomic E-state index is -1.46. The first-order chi connectivity index (χ1) is 9.25. The Morgan fingerprint density at radius 1 is 1.15 bits per heavy atom. The molecule has 2 unspecified atom stereocenters. The van der Waals surface area contributed by atoms with Crippen molar-refractivity contribution >= 4 is 0 Å². The predicted molar refractivity (Wildman–Crippen MR) is 69.5 cm³/mol. The minimum absolute atomic E-state index is 0.0854. The van der Waals surface area contributed by atoms with Crippen molar-refractivity contribution in [2.75, 3.05) is 13.1 Å². The Balaban J connectivity index is 2.38. The van der Waals surface area contributed by atoms with Gasteiger partial charge in [-0.05, 0) is 32.4 Å². The first-order valence-corrected chi connectivity index (χ1v) is 6.53. The number of benzene rings is 1. The third-order valence-corrected chi connectivity index (χ3v) is 3.90. The van der Waals surface area contributed by atoms with E-state index in [1.54, 1.807) is 0 Å². The zero-order valence-corrected chi connectivity index (χ0v) is 11.8. The Morgan fingerprint density at radius 3 is 2.35 bits per heavy atom. The molecule has 20 heavy (non-hydrogen) atoms. The quantitative estimate of drug-likeness (QED) is 0.738. The summed E-state index contributed by atoms with van der Waals surface area (Å²) in [5.74, 6) is -4.70. The lowest BCUT2D eigenvalue weighted by atomic mass is 9.89. The summed E-state index contributed by atoms with van der Waals surface area (Å²) in [6.07, 6.45) is 0. The van der Waals surface area contributed by atoms with E-state index in [1.165, 1.54) is 6.07 Å². The highest BCUT2D eigenvalue weighted by Gasteiger charge is 2.40. The fourth-order valence-corrected chi connectivity index (χ4v) is 2.62. The van der Waals surface area contributed by atoms with E-state index in [-0.39, 0.29) is 11.1 Å². The second kappa shape index (κ2) is 5.10. The molecule has 0 saturated carbocycles. The van der Waals surface area contributed by atoms with E-state index in [9.17, 15) is 18.4 Å². The minimum Gasteiger partial charge on any atom is -0.297 e. The van der Waals surface area contributed by atoms with Gasteiger partial charge in [0.1, 0.15) is 0 Å². The maximum atomic E-state index is 13.9. The lowest BCUT2D eigenvalue weighted by molar-refractivity contribution is 0.170. The van der Waals surface area contributed by atoms with Crippen LogP contribution >= 0.6 is 0 Å². The van der Waals surface area contributed by atoms with Gasteiger partial charge in [0.25, 0.3) is 0 Å². The molecule has 1 aromatic carbocycles. The van der Waals surface area contributed by atoms with Crippen LogP contribution in [0.4, 0.5) is 13.2 Å². The number of hydrogen-bond donors (Lipinski definition) is 0. The smallest absolute Gasteiger partial charge is 0.194 e. The lowest BCUT2D eigenvalue weighted by Gasteiger charge is -2.31. The van der Waals surface area contributed by atoms with Crippen molar-refractivity contribution in [3.8, 4) is 6.07 Å². The van der Waals surface area contributed by atoms with Gasteiger partial charge in [0.2, 0.25) is 0 Å². The zero-order chi connectivity index (χ0) is 15.1. The number of halogens is 3. The maximum absolute atomic E-state index is 13.9. The Hall–Kier alpha value is -1.54. The Morgan fingerprint density at radius 2 is 1.80 bits per heavy atom. The molecule has 1 saturated heterocycles. The number of nitrogens with zero attached hydrogens (tertiary/aromatic N) is 2. The third kappa shape index (κ3) is 2.53. The number of likely N-dealkylation sites (tertiary alicyclic amines) is 1. The van der Waals surface area contributed by atoms with Gasteiger partial charge in [0, 0.05) is 24.5 Å². The van der Waals surface area contributed by atoms with Gasteiger partial charge in [-0.1, -0.05) is 6.07 Å². The predicted octanol–water partition coefficient (Wildman–Crippen LogP) is 3.44. The molecule has 0 N–H and O–H groups in total. The monoisotopic (exact) mass is 282 g/mol. The molecule has 2 rings (SSSR count). The van der Waals surface area contributed by atoms with Crippen molar-refractivity contribution in [3.63, 3.8) is 0 Å². The molecule has 0 spiro atoms. The van der Waals surface area contributed by atoms with E-state index in [1.807, 2.05) is 20.8 Å². The van der Waals surface area contributed by atoms with Crippen molar-refractivity contribution in [2.45, 2.75) is 32.2 Å². The molecule has 5 heteroatoms. The summed E-state index contributed by atoms with van der Waals surface area (Å²) in [6, 6.07) is 4.31. The first-order valence-electron chi connectivity index (χ1n) is 6.53. The van der Waals surface area contributed by atoms with Crippen LogP contribution in [0.15, 0.2) is 12.1 Å². The van der Waals surface area contributed by atoms with Gasteiger partial charge in [0.05, 0.1) is 12.0 Å². The fraction of sp³-hybridized carbons (Fsp3) is 0.533. The zero-order valence-electron chi connectivity index (χ0n) is 11.8. The molecule has 0 radical (unpaired) electrons. The molecule has 0 bridgehead atoms. The topological polar surface area (TPSA) is 27.0 Å². The van der Waals surface area contributed by atoms with Crippen molar-refractivity contribution in [1.29, 1.82) is 5.26 Å². The van der Waals surface area contributed by atoms with E-state index >= 15 is 0 Å². The van der Waals surface area contributed by atoms with Crippen LogP contribution in [-0.2, 0) is 0 Å². The molecule has 108 valence electrons. The molecule has 1 aromatic rings. The van der Waals surface area contributed by atoms with Crippen molar-refractivity contribution < 1.29 is 13.2 Å². The fourth-order valence-electron chi connectivity index (χ4n) is 2.62. The molecule has 0 amide bonds. The summed E-state index contributed by atoms with van der Waals surface area (Å²) in [4.78, 5) is 2.06. The summed E-state index contributed by atoms with van der Waals surface area (Å²) in [5, 5.41) is 9.23. The summed E-state index contributed by atoms with van der Waals surface area (Å²) in [7, 11) is 0. The van der Waals surface area contributed by atoms with Crippen LogP contribution in [0.3, 0.4) is 0 Å². The van der Waals surface area contributed by atoms with Crippen LogP contribution in [0.2, 0.25) is 0 Å². The van der Waals surface area contributed by atoms with Gasteiger partial charge in [-0.2, -0.15) is 5.26 Å². The molecular formula is C15H17F3N2. The van der Waals surface area contributed by atoms with Crippen molar-refractivity contribution in [2.24, 2.45) is 5.92 Å². The van der Waals surface area contributed by atoms with E-state index in [2.05, 4.69) is 11.0 Å². The van der Waals surface area contributed by atoms with E-state index in [0.717, 1.165) is 6.07 Å². The van der Waals surface area contributed by atoms with Gasteiger partial charge in [-0.25, -0.2) is 13.2 Å². The molecular weight excluding hydrogens is 265 g/mol. The molecule has 0 aliphatic carbocycles. The molecule has 2 nitrogen and oxygen atoms in total. The van der Waals surface area contributed by atoms with E-state index in [0.29, 0.717) is 13.1 Å². The second-order valence-electron chi connectivity index (χ2n) is 6.18. The number of hydrogen-bond acceptors (Lipinski definition) is 2.